The van der Waals surface area contributed by atoms with Crippen molar-refractivity contribution in [3.8, 4) is 11.5 Å². The average molecular weight is 242 g/mol. The number of halogens is 1. The van der Waals surface area contributed by atoms with Crippen LogP contribution in [0.1, 0.15) is 5.69 Å². The first kappa shape index (κ1) is 8.50. The average Bonchev–Trinajstić information content (AvgIpc) is 2.71. The van der Waals surface area contributed by atoms with Gasteiger partial charge in [-0.2, -0.15) is 0 Å². The fourth-order valence-corrected chi connectivity index (χ4v) is 1.55. The van der Waals surface area contributed by atoms with Crippen LogP contribution in [-0.2, 0) is 12.4 Å². The summed E-state index contributed by atoms with van der Waals surface area (Å²) in [5, 5.41) is 0.685. The molecule has 0 bridgehead atoms. The number of oxazole rings is 1. The first-order valence-corrected chi connectivity index (χ1v) is 4.90. The lowest BCUT2D eigenvalue weighted by atomic mass is 10.3. The molecule has 2 aromatic heterocycles. The Morgan fingerprint density at radius 2 is 2.46 bits per heavy atom. The van der Waals surface area contributed by atoms with Gasteiger partial charge >= 0.3 is 0 Å². The highest BCUT2D eigenvalue weighted by molar-refractivity contribution is 9.08. The molecule has 4 nitrogen and oxygen atoms in total. The maximum Gasteiger partial charge on any atom is 0.181 e. The third-order valence-electron chi connectivity index (χ3n) is 1.82. The second-order valence-corrected chi connectivity index (χ2v) is 3.21. The molecule has 0 aromatic carbocycles. The SMILES string of the molecule is Cn1cncc1-c1ocnc1CBr. The van der Waals surface area contributed by atoms with Gasteiger partial charge in [-0.05, 0) is 0 Å². The Bertz CT molecular complexity index is 407. The van der Waals surface area contributed by atoms with E-state index in [1.807, 2.05) is 11.6 Å². The van der Waals surface area contributed by atoms with Crippen LogP contribution < -0.4 is 0 Å². The Hall–Kier alpha value is -1.10. The molecule has 0 aliphatic heterocycles. The van der Waals surface area contributed by atoms with Crippen LogP contribution in [0.5, 0.6) is 0 Å². The van der Waals surface area contributed by atoms with E-state index in [1.165, 1.54) is 6.39 Å². The van der Waals surface area contributed by atoms with Crippen LogP contribution in [0.25, 0.3) is 11.5 Å². The number of rotatable bonds is 2. The topological polar surface area (TPSA) is 43.9 Å². The predicted octanol–water partition coefficient (Wildman–Crippen LogP) is 1.97. The quantitative estimate of drug-likeness (QED) is 0.756. The minimum atomic E-state index is 0.685. The zero-order valence-electron chi connectivity index (χ0n) is 7.07. The van der Waals surface area contributed by atoms with E-state index >= 15 is 0 Å². The fourth-order valence-electron chi connectivity index (χ4n) is 1.15. The predicted molar refractivity (Wildman–Crippen MR) is 51.3 cm³/mol. The van der Waals surface area contributed by atoms with Crippen LogP contribution >= 0.6 is 15.9 Å². The number of aromatic nitrogens is 3. The first-order valence-electron chi connectivity index (χ1n) is 3.78. The van der Waals surface area contributed by atoms with Crippen molar-refractivity contribution in [3.63, 3.8) is 0 Å². The third-order valence-corrected chi connectivity index (χ3v) is 2.35. The van der Waals surface area contributed by atoms with Gasteiger partial charge in [-0.25, -0.2) is 9.97 Å². The van der Waals surface area contributed by atoms with Crippen molar-refractivity contribution in [1.82, 2.24) is 14.5 Å². The molecular weight excluding hydrogens is 234 g/mol. The minimum Gasteiger partial charge on any atom is -0.442 e. The van der Waals surface area contributed by atoms with E-state index in [0.29, 0.717) is 5.33 Å². The summed E-state index contributed by atoms with van der Waals surface area (Å²) in [6.45, 7) is 0. The number of imidazole rings is 1. The van der Waals surface area contributed by atoms with Crippen molar-refractivity contribution in [2.75, 3.05) is 0 Å². The van der Waals surface area contributed by atoms with Gasteiger partial charge in [0.05, 0.1) is 18.2 Å². The molecule has 0 fully saturated rings. The molecule has 0 saturated heterocycles. The lowest BCUT2D eigenvalue weighted by molar-refractivity contribution is 0.566. The van der Waals surface area contributed by atoms with Crippen LogP contribution in [0.3, 0.4) is 0 Å². The number of nitrogens with zero attached hydrogens (tertiary/aromatic N) is 3. The van der Waals surface area contributed by atoms with Crippen LogP contribution in [0.4, 0.5) is 0 Å². The molecule has 0 unspecified atom stereocenters. The maximum absolute atomic E-state index is 5.28. The second-order valence-electron chi connectivity index (χ2n) is 2.65. The highest BCUT2D eigenvalue weighted by Gasteiger charge is 2.12. The Labute approximate surface area is 83.7 Å². The lowest BCUT2D eigenvalue weighted by Gasteiger charge is -1.98. The summed E-state index contributed by atoms with van der Waals surface area (Å²) in [5.41, 5.74) is 1.83. The van der Waals surface area contributed by atoms with Crippen LogP contribution in [0.15, 0.2) is 23.3 Å². The summed E-state index contributed by atoms with van der Waals surface area (Å²) in [7, 11) is 1.92. The van der Waals surface area contributed by atoms with Gasteiger partial charge in [-0.15, -0.1) is 0 Å². The summed E-state index contributed by atoms with van der Waals surface area (Å²) in [6, 6.07) is 0. The van der Waals surface area contributed by atoms with E-state index < -0.39 is 0 Å². The number of alkyl halides is 1. The number of aryl methyl sites for hydroxylation is 1. The molecule has 0 N–H and O–H groups in total. The van der Waals surface area contributed by atoms with Crippen molar-refractivity contribution < 1.29 is 4.42 Å². The molecule has 5 heteroatoms. The normalized spacial score (nSPS) is 10.6. The Balaban J connectivity index is 2.52. The molecule has 0 aliphatic rings. The van der Waals surface area contributed by atoms with Gasteiger partial charge < -0.3 is 8.98 Å². The Morgan fingerprint density at radius 1 is 1.62 bits per heavy atom. The highest BCUT2D eigenvalue weighted by atomic mass is 79.9. The molecule has 0 atom stereocenters. The van der Waals surface area contributed by atoms with E-state index in [4.69, 9.17) is 4.42 Å². The molecular formula is C8H8BrN3O. The zero-order valence-corrected chi connectivity index (χ0v) is 8.65. The molecule has 2 rings (SSSR count). The minimum absolute atomic E-state index is 0.685. The standard InChI is InChI=1S/C8H8BrN3O/c1-12-4-10-3-7(12)8-6(2-9)11-5-13-8/h3-5H,2H2,1H3. The molecule has 2 aromatic rings. The van der Waals surface area contributed by atoms with E-state index in [1.54, 1.807) is 12.5 Å². The number of hydrogen-bond donors (Lipinski definition) is 0. The second kappa shape index (κ2) is 3.33. The van der Waals surface area contributed by atoms with Crippen LogP contribution in [0, 0.1) is 0 Å². The third kappa shape index (κ3) is 1.39. The van der Waals surface area contributed by atoms with E-state index in [9.17, 15) is 0 Å². The molecule has 0 saturated carbocycles. The highest BCUT2D eigenvalue weighted by Crippen LogP contribution is 2.23. The van der Waals surface area contributed by atoms with Crippen molar-refractivity contribution in [2.45, 2.75) is 5.33 Å². The summed E-state index contributed by atoms with van der Waals surface area (Å²) in [4.78, 5) is 8.09. The van der Waals surface area contributed by atoms with Crippen LogP contribution in [-0.4, -0.2) is 14.5 Å². The van der Waals surface area contributed by atoms with Gasteiger partial charge in [0, 0.05) is 12.4 Å². The van der Waals surface area contributed by atoms with E-state index in [-0.39, 0.29) is 0 Å². The van der Waals surface area contributed by atoms with Gasteiger partial charge in [0.1, 0.15) is 5.69 Å². The fraction of sp³-hybridized carbons (Fsp3) is 0.250. The Morgan fingerprint density at radius 3 is 3.08 bits per heavy atom. The van der Waals surface area contributed by atoms with E-state index in [0.717, 1.165) is 17.1 Å². The van der Waals surface area contributed by atoms with Crippen molar-refractivity contribution in [2.24, 2.45) is 7.05 Å². The number of hydrogen-bond acceptors (Lipinski definition) is 3. The molecule has 0 aliphatic carbocycles. The van der Waals surface area contributed by atoms with E-state index in [2.05, 4.69) is 25.9 Å². The lowest BCUT2D eigenvalue weighted by Crippen LogP contribution is -1.90. The van der Waals surface area contributed by atoms with Gasteiger partial charge in [0.25, 0.3) is 0 Å². The van der Waals surface area contributed by atoms with Crippen molar-refractivity contribution >= 4 is 15.9 Å². The molecule has 2 heterocycles. The van der Waals surface area contributed by atoms with Gasteiger partial charge in [-0.1, -0.05) is 15.9 Å². The summed E-state index contributed by atoms with van der Waals surface area (Å²) in [5.74, 6) is 0.775. The van der Waals surface area contributed by atoms with Crippen LogP contribution in [0.2, 0.25) is 0 Å². The smallest absolute Gasteiger partial charge is 0.181 e. The summed E-state index contributed by atoms with van der Waals surface area (Å²) >= 11 is 3.35. The van der Waals surface area contributed by atoms with Crippen molar-refractivity contribution in [3.05, 3.63) is 24.6 Å². The molecule has 68 valence electrons. The van der Waals surface area contributed by atoms with Gasteiger partial charge in [0.2, 0.25) is 0 Å². The monoisotopic (exact) mass is 241 g/mol. The zero-order chi connectivity index (χ0) is 9.26. The van der Waals surface area contributed by atoms with Crippen molar-refractivity contribution in [1.29, 1.82) is 0 Å². The first-order chi connectivity index (χ1) is 6.33. The molecule has 0 spiro atoms. The maximum atomic E-state index is 5.28. The van der Waals surface area contributed by atoms with Gasteiger partial charge in [-0.3, -0.25) is 0 Å². The summed E-state index contributed by atoms with van der Waals surface area (Å²) < 4.78 is 7.17. The largest absolute Gasteiger partial charge is 0.442 e. The summed E-state index contributed by atoms with van der Waals surface area (Å²) in [6.07, 6.45) is 4.93. The molecule has 13 heavy (non-hydrogen) atoms. The Kier molecular flexibility index (Phi) is 2.18. The molecule has 0 amide bonds. The molecule has 0 radical (unpaired) electrons. The van der Waals surface area contributed by atoms with Gasteiger partial charge in [0.15, 0.2) is 12.2 Å².